The van der Waals surface area contributed by atoms with Gasteiger partial charge in [-0.2, -0.15) is 5.10 Å². The Morgan fingerprint density at radius 2 is 2.05 bits per heavy atom. The predicted octanol–water partition coefficient (Wildman–Crippen LogP) is 1.14. The van der Waals surface area contributed by atoms with Crippen LogP contribution in [-0.2, 0) is 4.79 Å². The second kappa shape index (κ2) is 8.20. The minimum atomic E-state index is -0.0283. The van der Waals surface area contributed by atoms with Crippen LogP contribution in [0.5, 0.6) is 0 Å². The third-order valence-electron chi connectivity index (χ3n) is 2.37. The second-order valence-electron chi connectivity index (χ2n) is 3.99. The van der Waals surface area contributed by atoms with Crippen molar-refractivity contribution < 1.29 is 4.79 Å². The third-order valence-corrected chi connectivity index (χ3v) is 2.46. The summed E-state index contributed by atoms with van der Waals surface area (Å²) in [5, 5.41) is 7.08. The van der Waals surface area contributed by atoms with Crippen LogP contribution in [0.2, 0.25) is 0 Å². The van der Waals surface area contributed by atoms with E-state index in [0.29, 0.717) is 6.54 Å². The molecule has 0 aliphatic carbocycles. The number of nitrogens with two attached hydrogens (primary N) is 1. The minimum Gasteiger partial charge on any atom is -0.375 e. The van der Waals surface area contributed by atoms with Crippen LogP contribution < -0.4 is 16.5 Å². The van der Waals surface area contributed by atoms with Gasteiger partial charge in [0.25, 0.3) is 0 Å². The van der Waals surface area contributed by atoms with Crippen molar-refractivity contribution in [1.29, 1.82) is 0 Å². The van der Waals surface area contributed by atoms with Crippen molar-refractivity contribution in [1.82, 2.24) is 10.7 Å². The van der Waals surface area contributed by atoms with Crippen molar-refractivity contribution in [3.63, 3.8) is 0 Å². The van der Waals surface area contributed by atoms with E-state index < -0.39 is 0 Å². The van der Waals surface area contributed by atoms with Crippen LogP contribution in [0.1, 0.15) is 25.3 Å². The summed E-state index contributed by atoms with van der Waals surface area (Å²) in [6.07, 6.45) is 1.52. The van der Waals surface area contributed by atoms with Crippen LogP contribution >= 0.6 is 12.2 Å². The highest BCUT2D eigenvalue weighted by Gasteiger charge is 2.03. The predicted molar refractivity (Wildman–Crippen MR) is 80.8 cm³/mol. The van der Waals surface area contributed by atoms with Gasteiger partial charge in [-0.25, -0.2) is 0 Å². The van der Waals surface area contributed by atoms with E-state index >= 15 is 0 Å². The van der Waals surface area contributed by atoms with Gasteiger partial charge in [-0.05, 0) is 30.6 Å². The Hall–Kier alpha value is -1.95. The molecule has 0 spiro atoms. The molecule has 0 heterocycles. The maximum absolute atomic E-state index is 10.8. The van der Waals surface area contributed by atoms with Crippen LogP contribution in [-0.4, -0.2) is 23.3 Å². The molecular weight excluding hydrogens is 260 g/mol. The second-order valence-corrected chi connectivity index (χ2v) is 4.43. The van der Waals surface area contributed by atoms with Gasteiger partial charge < -0.3 is 11.1 Å². The van der Waals surface area contributed by atoms with Crippen molar-refractivity contribution >= 4 is 28.9 Å². The van der Waals surface area contributed by atoms with Gasteiger partial charge >= 0.3 is 0 Å². The van der Waals surface area contributed by atoms with Crippen LogP contribution in [0.25, 0.3) is 0 Å². The maximum Gasteiger partial charge on any atom is 0.216 e. The summed E-state index contributed by atoms with van der Waals surface area (Å²) >= 11 is 4.74. The van der Waals surface area contributed by atoms with Gasteiger partial charge in [0, 0.05) is 13.5 Å². The summed E-state index contributed by atoms with van der Waals surface area (Å²) in [5.74, 6) is -0.0283. The first kappa shape index (κ1) is 15.1. The van der Waals surface area contributed by atoms with Gasteiger partial charge in [-0.15, -0.1) is 0 Å². The third kappa shape index (κ3) is 6.52. The average molecular weight is 278 g/mol. The SMILES string of the molecule is CC(=O)NCCC/C(=N\NC(N)=S)c1ccccc1. The molecular formula is C13H18N4OS. The topological polar surface area (TPSA) is 79.5 Å². The van der Waals surface area contributed by atoms with Crippen LogP contribution in [0.4, 0.5) is 0 Å². The van der Waals surface area contributed by atoms with Crippen molar-refractivity contribution in [3.8, 4) is 0 Å². The fourth-order valence-corrected chi connectivity index (χ4v) is 1.58. The molecule has 0 atom stereocenters. The lowest BCUT2D eigenvalue weighted by atomic mass is 10.1. The molecule has 0 radical (unpaired) electrons. The maximum atomic E-state index is 10.8. The van der Waals surface area contributed by atoms with Gasteiger partial charge in [0.15, 0.2) is 5.11 Å². The lowest BCUT2D eigenvalue weighted by molar-refractivity contribution is -0.118. The van der Waals surface area contributed by atoms with E-state index in [9.17, 15) is 4.79 Å². The van der Waals surface area contributed by atoms with Crippen molar-refractivity contribution in [2.24, 2.45) is 10.8 Å². The number of hydrogen-bond donors (Lipinski definition) is 3. The molecule has 1 amide bonds. The number of carbonyl (C=O) groups excluding carboxylic acids is 1. The first-order valence-electron chi connectivity index (χ1n) is 6.01. The fraction of sp³-hybridized carbons (Fsp3) is 0.308. The minimum absolute atomic E-state index is 0.0283. The van der Waals surface area contributed by atoms with Gasteiger partial charge in [-0.3, -0.25) is 10.2 Å². The van der Waals surface area contributed by atoms with E-state index in [-0.39, 0.29) is 11.0 Å². The highest BCUT2D eigenvalue weighted by atomic mass is 32.1. The van der Waals surface area contributed by atoms with E-state index in [4.69, 9.17) is 18.0 Å². The molecule has 0 bridgehead atoms. The summed E-state index contributed by atoms with van der Waals surface area (Å²) in [6, 6.07) is 9.77. The zero-order chi connectivity index (χ0) is 14.1. The Balaban J connectivity index is 2.63. The molecule has 5 nitrogen and oxygen atoms in total. The first-order chi connectivity index (χ1) is 9.09. The Morgan fingerprint density at radius 1 is 1.37 bits per heavy atom. The number of hydrazone groups is 1. The number of benzene rings is 1. The lowest BCUT2D eigenvalue weighted by Crippen LogP contribution is -2.26. The molecule has 0 aliphatic rings. The smallest absolute Gasteiger partial charge is 0.216 e. The molecule has 0 fully saturated rings. The quantitative estimate of drug-likeness (QED) is 0.315. The molecule has 1 aromatic rings. The fourth-order valence-electron chi connectivity index (χ4n) is 1.54. The number of amides is 1. The molecule has 0 aromatic heterocycles. The van der Waals surface area contributed by atoms with Gasteiger partial charge in [0.05, 0.1) is 5.71 Å². The summed E-state index contributed by atoms with van der Waals surface area (Å²) in [7, 11) is 0. The molecule has 1 rings (SSSR count). The molecule has 1 aromatic carbocycles. The monoisotopic (exact) mass is 278 g/mol. The standard InChI is InChI=1S/C13H18N4OS/c1-10(18)15-9-5-8-12(16-17-13(14)19)11-6-3-2-4-7-11/h2-4,6-7H,5,8-9H2,1H3,(H,15,18)(H3,14,17,19)/b16-12+. The van der Waals surface area contributed by atoms with E-state index in [0.717, 1.165) is 24.1 Å². The van der Waals surface area contributed by atoms with Crippen LogP contribution in [0.3, 0.4) is 0 Å². The molecule has 0 saturated carbocycles. The summed E-state index contributed by atoms with van der Waals surface area (Å²) in [6.45, 7) is 2.12. The van der Waals surface area contributed by atoms with Gasteiger partial charge in [0.2, 0.25) is 5.91 Å². The zero-order valence-electron chi connectivity index (χ0n) is 10.8. The van der Waals surface area contributed by atoms with Crippen molar-refractivity contribution in [3.05, 3.63) is 35.9 Å². The number of carbonyl (C=O) groups is 1. The molecule has 4 N–H and O–H groups in total. The molecule has 102 valence electrons. The highest BCUT2D eigenvalue weighted by Crippen LogP contribution is 2.06. The number of nitrogens with one attached hydrogen (secondary N) is 2. The molecule has 19 heavy (non-hydrogen) atoms. The number of nitrogens with zero attached hydrogens (tertiary/aromatic N) is 1. The van der Waals surface area contributed by atoms with Crippen LogP contribution in [0, 0.1) is 0 Å². The Bertz CT molecular complexity index is 459. The Kier molecular flexibility index (Phi) is 6.52. The number of hydrogen-bond acceptors (Lipinski definition) is 3. The largest absolute Gasteiger partial charge is 0.375 e. The van der Waals surface area contributed by atoms with Crippen molar-refractivity contribution in [2.75, 3.05) is 6.54 Å². The molecule has 6 heteroatoms. The first-order valence-corrected chi connectivity index (χ1v) is 6.42. The lowest BCUT2D eigenvalue weighted by Gasteiger charge is -2.08. The number of thiocarbonyl (C=S) groups is 1. The molecule has 0 unspecified atom stereocenters. The highest BCUT2D eigenvalue weighted by molar-refractivity contribution is 7.80. The van der Waals surface area contributed by atoms with Crippen LogP contribution in [0.15, 0.2) is 35.4 Å². The zero-order valence-corrected chi connectivity index (χ0v) is 11.7. The van der Waals surface area contributed by atoms with Crippen molar-refractivity contribution in [2.45, 2.75) is 19.8 Å². The van der Waals surface area contributed by atoms with E-state index in [2.05, 4.69) is 15.8 Å². The van der Waals surface area contributed by atoms with Gasteiger partial charge in [0.1, 0.15) is 0 Å². The van der Waals surface area contributed by atoms with E-state index in [1.54, 1.807) is 0 Å². The summed E-state index contributed by atoms with van der Waals surface area (Å²) in [5.41, 5.74) is 9.84. The van der Waals surface area contributed by atoms with E-state index in [1.807, 2.05) is 30.3 Å². The average Bonchev–Trinajstić information content (AvgIpc) is 2.38. The Morgan fingerprint density at radius 3 is 2.63 bits per heavy atom. The summed E-state index contributed by atoms with van der Waals surface area (Å²) in [4.78, 5) is 10.8. The van der Waals surface area contributed by atoms with Gasteiger partial charge in [-0.1, -0.05) is 30.3 Å². The molecule has 0 saturated heterocycles. The van der Waals surface area contributed by atoms with E-state index in [1.165, 1.54) is 6.92 Å². The summed E-state index contributed by atoms with van der Waals surface area (Å²) < 4.78 is 0. The Labute approximate surface area is 118 Å². The molecule has 0 aliphatic heterocycles. The number of rotatable bonds is 6. The normalized spacial score (nSPS) is 10.9.